The minimum Gasteiger partial charge on any atom is -0.479 e. The van der Waals surface area contributed by atoms with Crippen LogP contribution in [0, 0.1) is 5.92 Å². The van der Waals surface area contributed by atoms with Crippen molar-refractivity contribution < 1.29 is 14.3 Å². The Morgan fingerprint density at radius 3 is 3.00 bits per heavy atom. The molecule has 1 rings (SSSR count). The molecule has 1 fully saturated rings. The predicted molar refractivity (Wildman–Crippen MR) is 42.7 cm³/mol. The first-order valence-corrected chi connectivity index (χ1v) is 4.24. The molecule has 12 heavy (non-hydrogen) atoms. The van der Waals surface area contributed by atoms with E-state index in [4.69, 9.17) is 5.11 Å². The lowest BCUT2D eigenvalue weighted by atomic mass is 9.89. The third kappa shape index (κ3) is 1.43. The summed E-state index contributed by atoms with van der Waals surface area (Å²) in [6.07, 6.45) is 1.46. The lowest BCUT2D eigenvalue weighted by Gasteiger charge is -2.20. The maximum atomic E-state index is 13.6. The molecule has 3 nitrogen and oxygen atoms in total. The molecule has 0 amide bonds. The first kappa shape index (κ1) is 9.45. The third-order valence-electron chi connectivity index (χ3n) is 2.41. The second-order valence-corrected chi connectivity index (χ2v) is 3.28. The molecule has 0 radical (unpaired) electrons. The van der Waals surface area contributed by atoms with Crippen LogP contribution < -0.4 is 5.32 Å². The third-order valence-corrected chi connectivity index (χ3v) is 2.41. The topological polar surface area (TPSA) is 49.3 Å². The molecule has 2 unspecified atom stereocenters. The average molecular weight is 175 g/mol. The Labute approximate surface area is 71.0 Å². The van der Waals surface area contributed by atoms with Crippen LogP contribution >= 0.6 is 0 Å². The van der Waals surface area contributed by atoms with Crippen molar-refractivity contribution in [1.29, 1.82) is 0 Å². The van der Waals surface area contributed by atoms with Crippen molar-refractivity contribution in [1.82, 2.24) is 5.32 Å². The van der Waals surface area contributed by atoms with E-state index in [1.807, 2.05) is 6.92 Å². The fourth-order valence-corrected chi connectivity index (χ4v) is 1.66. The van der Waals surface area contributed by atoms with E-state index in [2.05, 4.69) is 5.32 Å². The van der Waals surface area contributed by atoms with E-state index >= 15 is 0 Å². The summed E-state index contributed by atoms with van der Waals surface area (Å²) in [5.74, 6) is -1.69. The van der Waals surface area contributed by atoms with E-state index in [0.717, 1.165) is 6.42 Å². The van der Waals surface area contributed by atoms with Crippen molar-refractivity contribution in [3.8, 4) is 0 Å². The molecule has 0 saturated carbocycles. The minimum atomic E-state index is -2.03. The molecule has 0 aromatic carbocycles. The van der Waals surface area contributed by atoms with Gasteiger partial charge in [-0.3, -0.25) is 0 Å². The summed E-state index contributed by atoms with van der Waals surface area (Å²) >= 11 is 0. The summed E-state index contributed by atoms with van der Waals surface area (Å²) < 4.78 is 13.6. The van der Waals surface area contributed by atoms with Gasteiger partial charge >= 0.3 is 5.97 Å². The summed E-state index contributed by atoms with van der Waals surface area (Å²) in [6, 6.07) is 0. The van der Waals surface area contributed by atoms with E-state index in [1.54, 1.807) is 0 Å². The summed E-state index contributed by atoms with van der Waals surface area (Å²) in [5.41, 5.74) is -2.03. The summed E-state index contributed by atoms with van der Waals surface area (Å²) in [7, 11) is 0. The van der Waals surface area contributed by atoms with Crippen LogP contribution in [0.4, 0.5) is 4.39 Å². The first-order chi connectivity index (χ1) is 5.61. The maximum Gasteiger partial charge on any atom is 0.343 e. The van der Waals surface area contributed by atoms with Gasteiger partial charge in [0.2, 0.25) is 5.67 Å². The SMILES string of the molecule is CCCC1CNCC1(F)C(=O)O. The molecule has 0 bridgehead atoms. The Kier molecular flexibility index (Phi) is 2.67. The molecule has 0 aliphatic carbocycles. The molecule has 1 aliphatic heterocycles. The predicted octanol–water partition coefficient (Wildman–Crippen LogP) is 0.799. The molecule has 2 N–H and O–H groups in total. The van der Waals surface area contributed by atoms with Gasteiger partial charge in [-0.25, -0.2) is 9.18 Å². The smallest absolute Gasteiger partial charge is 0.343 e. The minimum absolute atomic E-state index is 0.0486. The Bertz CT molecular complexity index is 186. The summed E-state index contributed by atoms with van der Waals surface area (Å²) in [6.45, 7) is 2.37. The van der Waals surface area contributed by atoms with Crippen molar-refractivity contribution >= 4 is 5.97 Å². The number of nitrogens with one attached hydrogen (secondary N) is 1. The van der Waals surface area contributed by atoms with Gasteiger partial charge in [-0.1, -0.05) is 13.3 Å². The van der Waals surface area contributed by atoms with Crippen LogP contribution in [0.25, 0.3) is 0 Å². The molecule has 1 heterocycles. The van der Waals surface area contributed by atoms with E-state index < -0.39 is 11.6 Å². The van der Waals surface area contributed by atoms with Gasteiger partial charge in [0.05, 0.1) is 0 Å². The second-order valence-electron chi connectivity index (χ2n) is 3.28. The monoisotopic (exact) mass is 175 g/mol. The van der Waals surface area contributed by atoms with E-state index in [-0.39, 0.29) is 12.5 Å². The van der Waals surface area contributed by atoms with Gasteiger partial charge in [-0.15, -0.1) is 0 Å². The highest BCUT2D eigenvalue weighted by atomic mass is 19.1. The van der Waals surface area contributed by atoms with Gasteiger partial charge in [-0.2, -0.15) is 0 Å². The van der Waals surface area contributed by atoms with Gasteiger partial charge < -0.3 is 10.4 Å². The van der Waals surface area contributed by atoms with Crippen molar-refractivity contribution in [3.05, 3.63) is 0 Å². The molecule has 0 spiro atoms. The number of hydrogen-bond acceptors (Lipinski definition) is 2. The summed E-state index contributed by atoms with van der Waals surface area (Å²) in [5, 5.41) is 11.4. The Morgan fingerprint density at radius 1 is 1.83 bits per heavy atom. The van der Waals surface area contributed by atoms with Crippen molar-refractivity contribution in [2.45, 2.75) is 25.4 Å². The zero-order chi connectivity index (χ0) is 9.19. The zero-order valence-corrected chi connectivity index (χ0v) is 7.14. The molecule has 2 atom stereocenters. The van der Waals surface area contributed by atoms with Gasteiger partial charge in [-0.05, 0) is 6.42 Å². The van der Waals surface area contributed by atoms with Crippen LogP contribution in [0.15, 0.2) is 0 Å². The second kappa shape index (κ2) is 3.39. The van der Waals surface area contributed by atoms with Gasteiger partial charge in [0.15, 0.2) is 0 Å². The highest BCUT2D eigenvalue weighted by Crippen LogP contribution is 2.30. The van der Waals surface area contributed by atoms with Crippen LogP contribution in [-0.2, 0) is 4.79 Å². The maximum absolute atomic E-state index is 13.6. The molecule has 70 valence electrons. The quantitative estimate of drug-likeness (QED) is 0.667. The average Bonchev–Trinajstić information content (AvgIpc) is 2.35. The van der Waals surface area contributed by atoms with Gasteiger partial charge in [0.25, 0.3) is 0 Å². The van der Waals surface area contributed by atoms with Crippen LogP contribution in [-0.4, -0.2) is 29.8 Å². The number of halogens is 1. The van der Waals surface area contributed by atoms with Crippen LogP contribution in [0.2, 0.25) is 0 Å². The van der Waals surface area contributed by atoms with Crippen LogP contribution in [0.3, 0.4) is 0 Å². The number of carboxylic acid groups (broad SMARTS) is 1. The Hall–Kier alpha value is -0.640. The summed E-state index contributed by atoms with van der Waals surface area (Å²) in [4.78, 5) is 10.6. The number of aliphatic carboxylic acids is 1. The number of carbonyl (C=O) groups is 1. The van der Waals surface area contributed by atoms with Gasteiger partial charge in [0, 0.05) is 19.0 Å². The number of carboxylic acids is 1. The molecule has 1 saturated heterocycles. The van der Waals surface area contributed by atoms with Crippen molar-refractivity contribution in [2.24, 2.45) is 5.92 Å². The molecular formula is C8H14FNO2. The molecular weight excluding hydrogens is 161 g/mol. The normalized spacial score (nSPS) is 35.3. The van der Waals surface area contributed by atoms with Gasteiger partial charge in [0.1, 0.15) is 0 Å². The van der Waals surface area contributed by atoms with Crippen LogP contribution in [0.5, 0.6) is 0 Å². The Balaban J connectivity index is 2.67. The lowest BCUT2D eigenvalue weighted by Crippen LogP contribution is -2.41. The fourth-order valence-electron chi connectivity index (χ4n) is 1.66. The molecule has 0 aromatic rings. The van der Waals surface area contributed by atoms with Crippen molar-refractivity contribution in [3.63, 3.8) is 0 Å². The molecule has 1 aliphatic rings. The van der Waals surface area contributed by atoms with E-state index in [9.17, 15) is 9.18 Å². The standard InChI is InChI=1S/C8H14FNO2/c1-2-3-6-4-10-5-8(6,9)7(11)12/h6,10H,2-5H2,1H3,(H,11,12). The highest BCUT2D eigenvalue weighted by Gasteiger charge is 2.49. The number of rotatable bonds is 3. The number of alkyl halides is 1. The van der Waals surface area contributed by atoms with E-state index in [0.29, 0.717) is 13.0 Å². The first-order valence-electron chi connectivity index (χ1n) is 4.24. The molecule has 0 aromatic heterocycles. The zero-order valence-electron chi connectivity index (χ0n) is 7.14. The lowest BCUT2D eigenvalue weighted by molar-refractivity contribution is -0.152. The largest absolute Gasteiger partial charge is 0.479 e. The Morgan fingerprint density at radius 2 is 2.50 bits per heavy atom. The molecule has 4 heteroatoms. The fraction of sp³-hybridized carbons (Fsp3) is 0.875. The van der Waals surface area contributed by atoms with E-state index in [1.165, 1.54) is 0 Å². The number of hydrogen-bond donors (Lipinski definition) is 2. The van der Waals surface area contributed by atoms with Crippen LogP contribution in [0.1, 0.15) is 19.8 Å². The van der Waals surface area contributed by atoms with Crippen molar-refractivity contribution in [2.75, 3.05) is 13.1 Å². The highest BCUT2D eigenvalue weighted by molar-refractivity contribution is 5.78.